The van der Waals surface area contributed by atoms with Crippen LogP contribution in [-0.2, 0) is 25.8 Å². The fourth-order valence-electron chi connectivity index (χ4n) is 3.80. The molecule has 2 aromatic carbocycles. The number of hydrogen-bond acceptors (Lipinski definition) is 6. The molecule has 2 aliphatic rings. The van der Waals surface area contributed by atoms with Gasteiger partial charge in [0.25, 0.3) is 5.91 Å². The van der Waals surface area contributed by atoms with Crippen molar-refractivity contribution >= 4 is 40.3 Å². The summed E-state index contributed by atoms with van der Waals surface area (Å²) in [5, 5.41) is 8.29. The molecule has 1 unspecified atom stereocenters. The van der Waals surface area contributed by atoms with E-state index in [-0.39, 0.29) is 22.9 Å². The van der Waals surface area contributed by atoms with Crippen LogP contribution < -0.4 is 15.0 Å². The Labute approximate surface area is 184 Å². The molecule has 0 aromatic heterocycles. The van der Waals surface area contributed by atoms with E-state index in [1.54, 1.807) is 12.0 Å². The van der Waals surface area contributed by atoms with Crippen molar-refractivity contribution in [3.63, 3.8) is 0 Å². The Kier molecular flexibility index (Phi) is 5.22. The van der Waals surface area contributed by atoms with E-state index < -0.39 is 4.87 Å². The lowest BCUT2D eigenvalue weighted by Crippen LogP contribution is -2.48. The number of carbonyl (C=O) groups is 3. The van der Waals surface area contributed by atoms with Gasteiger partial charge in [-0.15, -0.1) is 5.10 Å². The van der Waals surface area contributed by atoms with Gasteiger partial charge >= 0.3 is 0 Å². The largest absolute Gasteiger partial charge is 0.497 e. The van der Waals surface area contributed by atoms with E-state index in [4.69, 9.17) is 4.74 Å². The van der Waals surface area contributed by atoms with Gasteiger partial charge in [-0.2, -0.15) is 5.01 Å². The molecule has 9 heteroatoms. The first-order valence-electron chi connectivity index (χ1n) is 9.68. The monoisotopic (exact) mass is 438 g/mol. The number of fused-ring (bicyclic) bond motifs is 2. The molecule has 160 valence electrons. The van der Waals surface area contributed by atoms with Gasteiger partial charge in [0.1, 0.15) is 5.75 Å². The third-order valence-corrected chi connectivity index (χ3v) is 6.40. The van der Waals surface area contributed by atoms with Crippen LogP contribution in [0.2, 0.25) is 0 Å². The van der Waals surface area contributed by atoms with Crippen molar-refractivity contribution in [1.82, 2.24) is 10.3 Å². The topological polar surface area (TPSA) is 91.3 Å². The van der Waals surface area contributed by atoms with E-state index in [2.05, 4.69) is 10.4 Å². The van der Waals surface area contributed by atoms with E-state index in [9.17, 15) is 14.4 Å². The molecule has 31 heavy (non-hydrogen) atoms. The molecule has 3 amide bonds. The number of hydrogen-bond donors (Lipinski definition) is 1. The number of hydrazone groups is 1. The van der Waals surface area contributed by atoms with Crippen LogP contribution >= 0.6 is 11.8 Å². The minimum absolute atomic E-state index is 0.217. The van der Waals surface area contributed by atoms with Gasteiger partial charge in [-0.05, 0) is 42.4 Å². The lowest BCUT2D eigenvalue weighted by Gasteiger charge is -2.29. The molecule has 4 rings (SSSR count). The molecule has 0 bridgehead atoms. The van der Waals surface area contributed by atoms with Gasteiger partial charge < -0.3 is 15.0 Å². The van der Waals surface area contributed by atoms with Crippen molar-refractivity contribution in [2.45, 2.75) is 32.2 Å². The highest BCUT2D eigenvalue weighted by molar-refractivity contribution is 8.15. The van der Waals surface area contributed by atoms with Crippen LogP contribution in [0.4, 0.5) is 5.69 Å². The lowest BCUT2D eigenvalue weighted by molar-refractivity contribution is -0.139. The Morgan fingerprint density at radius 2 is 1.87 bits per heavy atom. The highest BCUT2D eigenvalue weighted by Gasteiger charge is 2.61. The number of carbonyl (C=O) groups excluding carboxylic acids is 3. The zero-order chi connectivity index (χ0) is 22.3. The number of methoxy groups -OCH3 is 1. The number of amides is 3. The van der Waals surface area contributed by atoms with Crippen LogP contribution in [-0.4, -0.2) is 35.0 Å². The Morgan fingerprint density at radius 3 is 2.48 bits per heavy atom. The number of amidine groups is 1. The van der Waals surface area contributed by atoms with Crippen LogP contribution in [0.5, 0.6) is 5.75 Å². The highest BCUT2D eigenvalue weighted by atomic mass is 32.2. The predicted molar refractivity (Wildman–Crippen MR) is 118 cm³/mol. The third-order valence-electron chi connectivity index (χ3n) is 5.16. The smallest absolute Gasteiger partial charge is 0.271 e. The fourth-order valence-corrected chi connectivity index (χ4v) is 5.12. The number of aryl methyl sites for hydroxylation is 1. The summed E-state index contributed by atoms with van der Waals surface area (Å²) >= 11 is 1.08. The molecule has 0 saturated carbocycles. The van der Waals surface area contributed by atoms with Gasteiger partial charge in [0.2, 0.25) is 16.7 Å². The number of anilines is 1. The summed E-state index contributed by atoms with van der Waals surface area (Å²) in [6.07, 6.45) is 0. The second-order valence-electron chi connectivity index (χ2n) is 7.42. The molecule has 0 saturated heterocycles. The first kappa shape index (κ1) is 20.9. The molecule has 2 aromatic rings. The molecule has 2 aliphatic heterocycles. The molecule has 0 aliphatic carbocycles. The standard InChI is InChI=1S/C22H22N4O4S/c1-13-5-10-19-18(11-13)22(26(15(3)28)24-21(31-22)23-14(2)27)20(29)25(19)12-16-6-8-17(30-4)9-7-16/h5-11H,12H2,1-4H3,(H,23,24,27). The Bertz CT molecular complexity index is 1110. The molecule has 2 heterocycles. The quantitative estimate of drug-likeness (QED) is 0.796. The van der Waals surface area contributed by atoms with Gasteiger partial charge in [-0.1, -0.05) is 29.8 Å². The van der Waals surface area contributed by atoms with Crippen LogP contribution in [0.25, 0.3) is 0 Å². The van der Waals surface area contributed by atoms with Gasteiger partial charge in [0, 0.05) is 19.4 Å². The minimum atomic E-state index is -1.39. The first-order valence-corrected chi connectivity index (χ1v) is 10.5. The van der Waals surface area contributed by atoms with Crippen LogP contribution in [0.3, 0.4) is 0 Å². The van der Waals surface area contributed by atoms with Crippen molar-refractivity contribution in [2.75, 3.05) is 12.0 Å². The zero-order valence-electron chi connectivity index (χ0n) is 17.6. The highest BCUT2D eigenvalue weighted by Crippen LogP contribution is 2.54. The fraction of sp³-hybridized carbons (Fsp3) is 0.273. The van der Waals surface area contributed by atoms with E-state index in [1.165, 1.54) is 18.9 Å². The Balaban J connectivity index is 1.79. The number of thioether (sulfide) groups is 1. The number of rotatable bonds is 3. The van der Waals surface area contributed by atoms with Crippen molar-refractivity contribution in [1.29, 1.82) is 0 Å². The van der Waals surface area contributed by atoms with Crippen molar-refractivity contribution in [3.8, 4) is 5.75 Å². The van der Waals surface area contributed by atoms with Gasteiger partial charge in [0.15, 0.2) is 5.17 Å². The summed E-state index contributed by atoms with van der Waals surface area (Å²) in [5.41, 5.74) is 3.26. The summed E-state index contributed by atoms with van der Waals surface area (Å²) in [5.74, 6) is -0.267. The van der Waals surface area contributed by atoms with Crippen LogP contribution in [0.15, 0.2) is 47.6 Å². The van der Waals surface area contributed by atoms with E-state index >= 15 is 0 Å². The van der Waals surface area contributed by atoms with E-state index in [0.29, 0.717) is 17.8 Å². The summed E-state index contributed by atoms with van der Waals surface area (Å²) < 4.78 is 5.21. The average Bonchev–Trinajstić information content (AvgIpc) is 3.21. The second kappa shape index (κ2) is 7.73. The molecule has 1 N–H and O–H groups in total. The number of benzene rings is 2. The molecule has 1 spiro atoms. The van der Waals surface area contributed by atoms with Crippen molar-refractivity contribution in [2.24, 2.45) is 5.10 Å². The van der Waals surface area contributed by atoms with E-state index in [1.807, 2.05) is 49.4 Å². The molecular formula is C22H22N4O4S. The number of nitrogens with zero attached hydrogens (tertiary/aromatic N) is 3. The number of nitrogens with one attached hydrogen (secondary N) is 1. The van der Waals surface area contributed by atoms with Gasteiger partial charge in [-0.3, -0.25) is 14.4 Å². The second-order valence-corrected chi connectivity index (χ2v) is 8.60. The Morgan fingerprint density at radius 1 is 1.16 bits per heavy atom. The van der Waals surface area contributed by atoms with Gasteiger partial charge in [0.05, 0.1) is 19.3 Å². The maximum Gasteiger partial charge on any atom is 0.271 e. The normalized spacial score (nSPS) is 19.5. The average molecular weight is 439 g/mol. The minimum Gasteiger partial charge on any atom is -0.497 e. The first-order chi connectivity index (χ1) is 14.8. The van der Waals surface area contributed by atoms with Crippen LogP contribution in [0, 0.1) is 6.92 Å². The maximum atomic E-state index is 13.9. The predicted octanol–water partition coefficient (Wildman–Crippen LogP) is 2.71. The van der Waals surface area contributed by atoms with Crippen molar-refractivity contribution < 1.29 is 19.1 Å². The molecular weight excluding hydrogens is 416 g/mol. The molecule has 0 radical (unpaired) electrons. The molecule has 0 fully saturated rings. The number of ether oxygens (including phenoxy) is 1. The summed E-state index contributed by atoms with van der Waals surface area (Å²) in [6, 6.07) is 13.2. The van der Waals surface area contributed by atoms with E-state index in [0.717, 1.165) is 28.6 Å². The molecule has 8 nitrogen and oxygen atoms in total. The zero-order valence-corrected chi connectivity index (χ0v) is 18.4. The molecule has 1 atom stereocenters. The third kappa shape index (κ3) is 3.44. The summed E-state index contributed by atoms with van der Waals surface area (Å²) in [4.78, 5) is 38.3. The van der Waals surface area contributed by atoms with Gasteiger partial charge in [-0.25, -0.2) is 0 Å². The van der Waals surface area contributed by atoms with Crippen molar-refractivity contribution in [3.05, 3.63) is 59.2 Å². The lowest BCUT2D eigenvalue weighted by atomic mass is 10.0. The summed E-state index contributed by atoms with van der Waals surface area (Å²) in [7, 11) is 1.60. The summed E-state index contributed by atoms with van der Waals surface area (Å²) in [6.45, 7) is 4.97. The SMILES string of the molecule is COc1ccc(CN2C(=O)C3(SC(NC(C)=O)=NN3C(C)=O)c3cc(C)ccc32)cc1. The Hall–Kier alpha value is -3.33. The van der Waals surface area contributed by atoms with Crippen LogP contribution in [0.1, 0.15) is 30.5 Å². The maximum absolute atomic E-state index is 13.9.